The second kappa shape index (κ2) is 8.93. The van der Waals surface area contributed by atoms with Gasteiger partial charge in [-0.3, -0.25) is 4.79 Å². The number of benzene rings is 1. The maximum absolute atomic E-state index is 12.7. The van der Waals surface area contributed by atoms with E-state index in [2.05, 4.69) is 17.6 Å². The number of hydrogen-bond donors (Lipinski definition) is 2. The summed E-state index contributed by atoms with van der Waals surface area (Å²) in [7, 11) is 0. The minimum Gasteiger partial charge on any atom is -0.490 e. The zero-order valence-corrected chi connectivity index (χ0v) is 15.6. The predicted octanol–water partition coefficient (Wildman–Crippen LogP) is 3.81. The molecular formula is C18H26Cl2N2O2. The topological polar surface area (TPSA) is 50.4 Å². The summed E-state index contributed by atoms with van der Waals surface area (Å²) >= 11 is 6.10. The molecule has 0 spiro atoms. The van der Waals surface area contributed by atoms with Gasteiger partial charge in [-0.15, -0.1) is 12.4 Å². The Morgan fingerprint density at radius 2 is 2.04 bits per heavy atom. The number of nitrogens with one attached hydrogen (secondary N) is 2. The molecular weight excluding hydrogens is 347 g/mol. The third kappa shape index (κ3) is 4.78. The quantitative estimate of drug-likeness (QED) is 0.844. The first-order valence-corrected chi connectivity index (χ1v) is 8.99. The third-order valence-corrected chi connectivity index (χ3v) is 5.12. The molecule has 24 heavy (non-hydrogen) atoms. The smallest absolute Gasteiger partial charge is 0.255 e. The number of halogens is 2. The number of amides is 1. The van der Waals surface area contributed by atoms with Crippen LogP contribution in [0.4, 0.5) is 0 Å². The van der Waals surface area contributed by atoms with Crippen molar-refractivity contribution in [1.29, 1.82) is 0 Å². The van der Waals surface area contributed by atoms with Gasteiger partial charge in [-0.2, -0.15) is 0 Å². The van der Waals surface area contributed by atoms with Gasteiger partial charge in [0.25, 0.3) is 5.91 Å². The van der Waals surface area contributed by atoms with E-state index in [4.69, 9.17) is 16.3 Å². The Morgan fingerprint density at radius 1 is 1.29 bits per heavy atom. The van der Waals surface area contributed by atoms with E-state index in [1.807, 2.05) is 6.07 Å². The van der Waals surface area contributed by atoms with Crippen LogP contribution in [0.15, 0.2) is 18.2 Å². The van der Waals surface area contributed by atoms with Crippen molar-refractivity contribution in [1.82, 2.24) is 10.6 Å². The van der Waals surface area contributed by atoms with Crippen LogP contribution >= 0.6 is 24.0 Å². The highest BCUT2D eigenvalue weighted by Gasteiger charge is 2.25. The van der Waals surface area contributed by atoms with E-state index in [9.17, 15) is 4.79 Å². The van der Waals surface area contributed by atoms with Gasteiger partial charge >= 0.3 is 0 Å². The van der Waals surface area contributed by atoms with E-state index in [0.717, 1.165) is 32.4 Å². The summed E-state index contributed by atoms with van der Waals surface area (Å²) in [6.45, 7) is 4.03. The molecule has 4 nitrogen and oxygen atoms in total. The van der Waals surface area contributed by atoms with Crippen LogP contribution in [0, 0.1) is 5.92 Å². The molecule has 1 saturated heterocycles. The summed E-state index contributed by atoms with van der Waals surface area (Å²) in [6, 6.07) is 5.52. The molecule has 2 unspecified atom stereocenters. The van der Waals surface area contributed by atoms with Crippen LogP contribution in [-0.2, 0) is 0 Å². The van der Waals surface area contributed by atoms with Gasteiger partial charge in [0.15, 0.2) is 0 Å². The van der Waals surface area contributed by atoms with Gasteiger partial charge in [0, 0.05) is 11.1 Å². The molecule has 2 fully saturated rings. The molecule has 1 saturated carbocycles. The SMILES string of the molecule is CC1CNCCC1NC(=O)c1cc(Cl)ccc1OC1CCCC1.Cl. The summed E-state index contributed by atoms with van der Waals surface area (Å²) < 4.78 is 6.07. The van der Waals surface area contributed by atoms with E-state index in [1.54, 1.807) is 12.1 Å². The predicted molar refractivity (Wildman–Crippen MR) is 99.5 cm³/mol. The van der Waals surface area contributed by atoms with Gasteiger partial charge < -0.3 is 15.4 Å². The lowest BCUT2D eigenvalue weighted by molar-refractivity contribution is 0.0907. The van der Waals surface area contributed by atoms with Crippen LogP contribution in [0.3, 0.4) is 0 Å². The summed E-state index contributed by atoms with van der Waals surface area (Å²) in [5.41, 5.74) is 0.551. The van der Waals surface area contributed by atoms with Crippen molar-refractivity contribution < 1.29 is 9.53 Å². The monoisotopic (exact) mass is 372 g/mol. The first-order valence-electron chi connectivity index (χ1n) is 8.61. The Balaban J connectivity index is 0.00000208. The molecule has 2 aliphatic rings. The molecule has 2 N–H and O–H groups in total. The van der Waals surface area contributed by atoms with Crippen LogP contribution in [0.25, 0.3) is 0 Å². The van der Waals surface area contributed by atoms with E-state index in [1.165, 1.54) is 12.8 Å². The average molecular weight is 373 g/mol. The largest absolute Gasteiger partial charge is 0.490 e. The van der Waals surface area contributed by atoms with E-state index in [-0.39, 0.29) is 30.5 Å². The van der Waals surface area contributed by atoms with E-state index in [0.29, 0.717) is 22.3 Å². The highest BCUT2D eigenvalue weighted by molar-refractivity contribution is 6.31. The first-order chi connectivity index (χ1) is 11.1. The zero-order chi connectivity index (χ0) is 16.2. The van der Waals surface area contributed by atoms with Crippen molar-refractivity contribution in [2.24, 2.45) is 5.92 Å². The van der Waals surface area contributed by atoms with Crippen LogP contribution in [0.2, 0.25) is 5.02 Å². The van der Waals surface area contributed by atoms with E-state index < -0.39 is 0 Å². The summed E-state index contributed by atoms with van der Waals surface area (Å²) in [5, 5.41) is 7.07. The van der Waals surface area contributed by atoms with Gasteiger partial charge in [0.05, 0.1) is 11.7 Å². The van der Waals surface area contributed by atoms with Gasteiger partial charge in [0.2, 0.25) is 0 Å². The average Bonchev–Trinajstić information content (AvgIpc) is 3.04. The molecule has 1 amide bonds. The second-order valence-corrected chi connectivity index (χ2v) is 7.15. The lowest BCUT2D eigenvalue weighted by Gasteiger charge is -2.30. The Kier molecular flexibility index (Phi) is 7.20. The molecule has 0 bridgehead atoms. The number of carbonyl (C=O) groups excluding carboxylic acids is 1. The maximum Gasteiger partial charge on any atom is 0.255 e. The molecule has 1 aromatic carbocycles. The Labute approximate surface area is 155 Å². The molecule has 1 aromatic rings. The van der Waals surface area contributed by atoms with Crippen molar-refractivity contribution in [3.05, 3.63) is 28.8 Å². The van der Waals surface area contributed by atoms with Crippen LogP contribution in [-0.4, -0.2) is 31.1 Å². The Morgan fingerprint density at radius 3 is 2.75 bits per heavy atom. The first kappa shape index (κ1) is 19.4. The number of hydrogen-bond acceptors (Lipinski definition) is 3. The fourth-order valence-corrected chi connectivity index (χ4v) is 3.61. The summed E-state index contributed by atoms with van der Waals surface area (Å²) in [5.74, 6) is 0.991. The molecule has 3 rings (SSSR count). The van der Waals surface area contributed by atoms with Crippen molar-refractivity contribution in [3.8, 4) is 5.75 Å². The van der Waals surface area contributed by atoms with Crippen LogP contribution < -0.4 is 15.4 Å². The molecule has 1 aliphatic heterocycles. The summed E-state index contributed by atoms with van der Waals surface area (Å²) in [6.07, 6.45) is 5.70. The molecule has 0 aromatic heterocycles. The normalized spacial score (nSPS) is 24.2. The molecule has 2 atom stereocenters. The van der Waals surface area contributed by atoms with Crippen molar-refractivity contribution >= 4 is 29.9 Å². The van der Waals surface area contributed by atoms with Crippen LogP contribution in [0.1, 0.15) is 49.4 Å². The maximum atomic E-state index is 12.7. The van der Waals surface area contributed by atoms with Gasteiger partial charge in [-0.1, -0.05) is 18.5 Å². The standard InChI is InChI=1S/C18H25ClN2O2.ClH/c1-12-11-20-9-8-16(12)21-18(22)15-10-13(19)6-7-17(15)23-14-4-2-3-5-14;/h6-7,10,12,14,16,20H,2-5,8-9,11H2,1H3,(H,21,22);1H. The second-order valence-electron chi connectivity index (χ2n) is 6.71. The highest BCUT2D eigenvalue weighted by atomic mass is 35.5. The number of ether oxygens (including phenoxy) is 1. The Hall–Kier alpha value is -0.970. The molecule has 6 heteroatoms. The highest BCUT2D eigenvalue weighted by Crippen LogP contribution is 2.29. The molecule has 134 valence electrons. The van der Waals surface area contributed by atoms with E-state index >= 15 is 0 Å². The summed E-state index contributed by atoms with van der Waals surface area (Å²) in [4.78, 5) is 12.7. The van der Waals surface area contributed by atoms with Crippen molar-refractivity contribution in [2.75, 3.05) is 13.1 Å². The van der Waals surface area contributed by atoms with Crippen molar-refractivity contribution in [3.63, 3.8) is 0 Å². The van der Waals surface area contributed by atoms with Gasteiger partial charge in [0.1, 0.15) is 5.75 Å². The number of piperidine rings is 1. The fourth-order valence-electron chi connectivity index (χ4n) is 3.44. The van der Waals surface area contributed by atoms with Gasteiger partial charge in [-0.25, -0.2) is 0 Å². The molecule has 0 radical (unpaired) electrons. The number of carbonyl (C=O) groups is 1. The van der Waals surface area contributed by atoms with Crippen molar-refractivity contribution in [2.45, 2.75) is 51.2 Å². The zero-order valence-electron chi connectivity index (χ0n) is 14.0. The minimum absolute atomic E-state index is 0. The van der Waals surface area contributed by atoms with Gasteiger partial charge in [-0.05, 0) is 69.3 Å². The lowest BCUT2D eigenvalue weighted by Crippen LogP contribution is -2.48. The van der Waals surface area contributed by atoms with Crippen LogP contribution in [0.5, 0.6) is 5.75 Å². The molecule has 1 aliphatic carbocycles. The molecule has 1 heterocycles. The fraction of sp³-hybridized carbons (Fsp3) is 0.611. The minimum atomic E-state index is -0.0840. The lowest BCUT2D eigenvalue weighted by atomic mass is 9.95. The third-order valence-electron chi connectivity index (χ3n) is 4.88. The number of rotatable bonds is 4. The Bertz CT molecular complexity index is 562.